The fourth-order valence-corrected chi connectivity index (χ4v) is 2.98. The first-order valence-corrected chi connectivity index (χ1v) is 6.26. The molecular formula is C9H16N2OS2. The van der Waals surface area contributed by atoms with Gasteiger partial charge in [0.25, 0.3) is 0 Å². The zero-order valence-corrected chi connectivity index (χ0v) is 10.2. The smallest absolute Gasteiger partial charge is 0.219 e. The third-order valence-electron chi connectivity index (χ3n) is 2.86. The molecule has 5 heteroatoms. The molecule has 1 amide bonds. The van der Waals surface area contributed by atoms with Crippen LogP contribution in [0.1, 0.15) is 19.8 Å². The number of thiocarbonyl (C=S) groups is 1. The lowest BCUT2D eigenvalue weighted by Gasteiger charge is -2.39. The van der Waals surface area contributed by atoms with Crippen molar-refractivity contribution in [3.63, 3.8) is 0 Å². The Labute approximate surface area is 94.4 Å². The Morgan fingerprint density at radius 1 is 1.50 bits per heavy atom. The lowest BCUT2D eigenvalue weighted by molar-refractivity contribution is -0.129. The fourth-order valence-electron chi connectivity index (χ4n) is 1.73. The van der Waals surface area contributed by atoms with E-state index in [9.17, 15) is 4.79 Å². The van der Waals surface area contributed by atoms with Crippen molar-refractivity contribution in [2.24, 2.45) is 5.73 Å². The van der Waals surface area contributed by atoms with Gasteiger partial charge in [0.1, 0.15) is 0 Å². The Balaban J connectivity index is 2.64. The second kappa shape index (κ2) is 4.49. The number of rotatable bonds is 2. The van der Waals surface area contributed by atoms with Gasteiger partial charge in [-0.05, 0) is 19.1 Å². The highest BCUT2D eigenvalue weighted by Gasteiger charge is 2.37. The number of hydrogen-bond donors (Lipinski definition) is 1. The van der Waals surface area contributed by atoms with Crippen LogP contribution in [0.15, 0.2) is 0 Å². The average Bonchev–Trinajstić information content (AvgIpc) is 2.17. The molecule has 3 nitrogen and oxygen atoms in total. The second-order valence-electron chi connectivity index (χ2n) is 3.57. The van der Waals surface area contributed by atoms with E-state index in [0.29, 0.717) is 4.99 Å². The van der Waals surface area contributed by atoms with E-state index in [1.807, 2.05) is 11.2 Å². The minimum absolute atomic E-state index is 0.0821. The van der Waals surface area contributed by atoms with E-state index in [2.05, 4.69) is 0 Å². The molecule has 0 radical (unpaired) electrons. The molecule has 1 fully saturated rings. The molecule has 1 aliphatic rings. The van der Waals surface area contributed by atoms with Gasteiger partial charge in [-0.1, -0.05) is 12.2 Å². The zero-order valence-electron chi connectivity index (χ0n) is 8.58. The molecule has 0 unspecified atom stereocenters. The minimum atomic E-state index is -0.0821. The number of nitrogens with two attached hydrogens (primary N) is 1. The fraction of sp³-hybridized carbons (Fsp3) is 0.778. The molecule has 80 valence electrons. The van der Waals surface area contributed by atoms with Gasteiger partial charge in [-0.2, -0.15) is 11.8 Å². The Morgan fingerprint density at radius 2 is 2.00 bits per heavy atom. The first-order valence-electron chi connectivity index (χ1n) is 4.62. The highest BCUT2D eigenvalue weighted by molar-refractivity contribution is 8.02. The van der Waals surface area contributed by atoms with Gasteiger partial charge in [0, 0.05) is 20.0 Å². The van der Waals surface area contributed by atoms with Gasteiger partial charge in [0.15, 0.2) is 0 Å². The summed E-state index contributed by atoms with van der Waals surface area (Å²) in [7, 11) is 0. The third kappa shape index (κ3) is 2.20. The maximum absolute atomic E-state index is 11.1. The molecule has 0 atom stereocenters. The van der Waals surface area contributed by atoms with Crippen LogP contribution in [-0.4, -0.2) is 39.9 Å². The number of thioether (sulfide) groups is 1. The van der Waals surface area contributed by atoms with Crippen molar-refractivity contribution >= 4 is 34.9 Å². The SMILES string of the molecule is CSC1(C(N)=S)CCN(C(C)=O)CC1. The summed E-state index contributed by atoms with van der Waals surface area (Å²) in [6.07, 6.45) is 3.79. The summed E-state index contributed by atoms with van der Waals surface area (Å²) in [4.78, 5) is 13.6. The van der Waals surface area contributed by atoms with E-state index in [-0.39, 0.29) is 10.7 Å². The van der Waals surface area contributed by atoms with E-state index in [4.69, 9.17) is 18.0 Å². The molecule has 1 saturated heterocycles. The first-order chi connectivity index (χ1) is 6.52. The molecule has 0 saturated carbocycles. The van der Waals surface area contributed by atoms with E-state index in [1.54, 1.807) is 18.7 Å². The summed E-state index contributed by atoms with van der Waals surface area (Å²) < 4.78 is -0.0821. The van der Waals surface area contributed by atoms with E-state index in [1.165, 1.54) is 0 Å². The summed E-state index contributed by atoms with van der Waals surface area (Å²) >= 11 is 6.80. The molecule has 2 N–H and O–H groups in total. The predicted octanol–water partition coefficient (Wildman–Crippen LogP) is 1.02. The quantitative estimate of drug-likeness (QED) is 0.722. The molecule has 0 aromatic rings. The summed E-state index contributed by atoms with van der Waals surface area (Å²) in [6, 6.07) is 0. The lowest BCUT2D eigenvalue weighted by atomic mass is 9.95. The highest BCUT2D eigenvalue weighted by Crippen LogP contribution is 2.34. The molecule has 1 aliphatic heterocycles. The Morgan fingerprint density at radius 3 is 2.29 bits per heavy atom. The van der Waals surface area contributed by atoms with Crippen molar-refractivity contribution in [2.45, 2.75) is 24.5 Å². The standard InChI is InChI=1S/C9H16N2OS2/c1-7(12)11-5-3-9(14-2,4-6-11)8(10)13/h3-6H2,1-2H3,(H2,10,13). The number of piperidine rings is 1. The van der Waals surface area contributed by atoms with Gasteiger partial charge in [-0.3, -0.25) is 4.79 Å². The molecular weight excluding hydrogens is 216 g/mol. The maximum Gasteiger partial charge on any atom is 0.219 e. The van der Waals surface area contributed by atoms with Gasteiger partial charge in [0.05, 0.1) is 9.74 Å². The van der Waals surface area contributed by atoms with Gasteiger partial charge in [-0.25, -0.2) is 0 Å². The summed E-state index contributed by atoms with van der Waals surface area (Å²) in [5.41, 5.74) is 5.74. The summed E-state index contributed by atoms with van der Waals surface area (Å²) in [6.45, 7) is 3.15. The first kappa shape index (κ1) is 11.8. The molecule has 1 heterocycles. The Hall–Kier alpha value is -0.290. The van der Waals surface area contributed by atoms with Crippen molar-refractivity contribution in [1.82, 2.24) is 4.90 Å². The van der Waals surface area contributed by atoms with E-state index in [0.717, 1.165) is 25.9 Å². The van der Waals surface area contributed by atoms with E-state index >= 15 is 0 Å². The van der Waals surface area contributed by atoms with Gasteiger partial charge in [-0.15, -0.1) is 0 Å². The molecule has 1 rings (SSSR count). The van der Waals surface area contributed by atoms with Crippen molar-refractivity contribution in [3.05, 3.63) is 0 Å². The van der Waals surface area contributed by atoms with Crippen LogP contribution >= 0.6 is 24.0 Å². The molecule has 0 aliphatic carbocycles. The van der Waals surface area contributed by atoms with Crippen LogP contribution in [0.5, 0.6) is 0 Å². The van der Waals surface area contributed by atoms with Crippen molar-refractivity contribution in [3.8, 4) is 0 Å². The van der Waals surface area contributed by atoms with Crippen molar-refractivity contribution in [2.75, 3.05) is 19.3 Å². The minimum Gasteiger partial charge on any atom is -0.392 e. The van der Waals surface area contributed by atoms with Gasteiger partial charge < -0.3 is 10.6 Å². The van der Waals surface area contributed by atoms with Crippen molar-refractivity contribution in [1.29, 1.82) is 0 Å². The van der Waals surface area contributed by atoms with Gasteiger partial charge >= 0.3 is 0 Å². The summed E-state index contributed by atoms with van der Waals surface area (Å²) in [5, 5.41) is 0. The molecule has 14 heavy (non-hydrogen) atoms. The molecule has 0 aromatic heterocycles. The van der Waals surface area contributed by atoms with Gasteiger partial charge in [0.2, 0.25) is 5.91 Å². The lowest BCUT2D eigenvalue weighted by Crippen LogP contribution is -2.50. The Kier molecular flexibility index (Phi) is 3.78. The molecule has 0 bridgehead atoms. The third-order valence-corrected chi connectivity index (χ3v) is 4.79. The van der Waals surface area contributed by atoms with Crippen LogP contribution in [0.4, 0.5) is 0 Å². The van der Waals surface area contributed by atoms with Crippen LogP contribution in [0, 0.1) is 0 Å². The Bertz CT molecular complexity index is 247. The highest BCUT2D eigenvalue weighted by atomic mass is 32.2. The number of carbonyl (C=O) groups excluding carboxylic acids is 1. The van der Waals surface area contributed by atoms with Crippen LogP contribution in [-0.2, 0) is 4.79 Å². The predicted molar refractivity (Wildman–Crippen MR) is 64.5 cm³/mol. The van der Waals surface area contributed by atoms with E-state index < -0.39 is 0 Å². The molecule has 0 spiro atoms. The largest absolute Gasteiger partial charge is 0.392 e. The monoisotopic (exact) mass is 232 g/mol. The number of carbonyl (C=O) groups is 1. The second-order valence-corrected chi connectivity index (χ2v) is 5.20. The van der Waals surface area contributed by atoms with Crippen LogP contribution in [0.2, 0.25) is 0 Å². The average molecular weight is 232 g/mol. The maximum atomic E-state index is 11.1. The number of likely N-dealkylation sites (tertiary alicyclic amines) is 1. The van der Waals surface area contributed by atoms with Crippen LogP contribution in [0.3, 0.4) is 0 Å². The van der Waals surface area contributed by atoms with Crippen molar-refractivity contribution < 1.29 is 4.79 Å². The topological polar surface area (TPSA) is 46.3 Å². The summed E-state index contributed by atoms with van der Waals surface area (Å²) in [5.74, 6) is 0.141. The zero-order chi connectivity index (χ0) is 10.8. The number of hydrogen-bond acceptors (Lipinski definition) is 3. The molecule has 0 aromatic carbocycles. The number of amides is 1. The normalized spacial score (nSPS) is 20.6. The van der Waals surface area contributed by atoms with Crippen LogP contribution < -0.4 is 5.73 Å². The van der Waals surface area contributed by atoms with Crippen LogP contribution in [0.25, 0.3) is 0 Å². The number of nitrogens with zero attached hydrogens (tertiary/aromatic N) is 1.